The van der Waals surface area contributed by atoms with Crippen LogP contribution in [0.4, 0.5) is 0 Å². The number of aliphatic hydroxyl groups excluding tert-OH is 1. The number of rotatable bonds is 3. The van der Waals surface area contributed by atoms with Gasteiger partial charge in [-0.2, -0.15) is 0 Å². The number of esters is 1. The molecule has 0 aromatic heterocycles. The van der Waals surface area contributed by atoms with Crippen molar-refractivity contribution in [3.63, 3.8) is 0 Å². The number of hydrogen-bond donors (Lipinski definition) is 1. The lowest BCUT2D eigenvalue weighted by atomic mass is 9.71. The minimum Gasteiger partial charge on any atom is -0.462 e. The zero-order valence-electron chi connectivity index (χ0n) is 13.8. The molecule has 3 rings (SSSR count). The summed E-state index contributed by atoms with van der Waals surface area (Å²) in [6.07, 6.45) is 9.41. The molecule has 22 heavy (non-hydrogen) atoms. The first-order valence-electron chi connectivity index (χ1n) is 8.79. The first-order valence-corrected chi connectivity index (χ1v) is 8.79. The first-order chi connectivity index (χ1) is 10.5. The summed E-state index contributed by atoms with van der Waals surface area (Å²) >= 11 is 0. The maximum Gasteiger partial charge on any atom is 0.308 e. The molecule has 3 aliphatic rings. The van der Waals surface area contributed by atoms with Crippen molar-refractivity contribution in [2.45, 2.75) is 77.4 Å². The highest BCUT2D eigenvalue weighted by atomic mass is 16.5. The normalized spacial score (nSPS) is 35.8. The third-order valence-corrected chi connectivity index (χ3v) is 5.55. The van der Waals surface area contributed by atoms with E-state index in [9.17, 15) is 9.90 Å². The summed E-state index contributed by atoms with van der Waals surface area (Å²) in [7, 11) is 0. The Morgan fingerprint density at radius 3 is 2.95 bits per heavy atom. The molecular weight excluding hydrogens is 276 g/mol. The molecule has 1 N–H and O–H groups in total. The standard InChI is InChI=1S/C19H28O3/c1-12-3-7-18-14(9-12)5-4-13(2)17(18)8-6-16-10-15(20)11-19(21)22-16/h7,12,14-16,20H,3-6,8-11H2,1-2H3/t12?,14?,15-,16-/m1/s1. The molecule has 1 heterocycles. The van der Waals surface area contributed by atoms with Gasteiger partial charge in [0.25, 0.3) is 0 Å². The number of hydrogen-bond acceptors (Lipinski definition) is 3. The van der Waals surface area contributed by atoms with Crippen molar-refractivity contribution in [2.75, 3.05) is 0 Å². The van der Waals surface area contributed by atoms with E-state index in [-0.39, 0.29) is 18.5 Å². The van der Waals surface area contributed by atoms with Gasteiger partial charge in [0.1, 0.15) is 6.10 Å². The monoisotopic (exact) mass is 304 g/mol. The number of carbonyl (C=O) groups is 1. The van der Waals surface area contributed by atoms with Crippen LogP contribution in [-0.4, -0.2) is 23.3 Å². The number of fused-ring (bicyclic) bond motifs is 1. The summed E-state index contributed by atoms with van der Waals surface area (Å²) in [6.45, 7) is 4.60. The Hall–Kier alpha value is -1.09. The molecule has 0 aromatic carbocycles. The molecule has 1 fully saturated rings. The average Bonchev–Trinajstić information content (AvgIpc) is 2.45. The van der Waals surface area contributed by atoms with Crippen molar-refractivity contribution in [1.29, 1.82) is 0 Å². The van der Waals surface area contributed by atoms with Crippen LogP contribution in [0.5, 0.6) is 0 Å². The van der Waals surface area contributed by atoms with Gasteiger partial charge in [-0.1, -0.05) is 18.6 Å². The van der Waals surface area contributed by atoms with E-state index in [2.05, 4.69) is 19.9 Å². The van der Waals surface area contributed by atoms with E-state index >= 15 is 0 Å². The van der Waals surface area contributed by atoms with Gasteiger partial charge in [0.2, 0.25) is 0 Å². The molecule has 1 aliphatic heterocycles. The van der Waals surface area contributed by atoms with E-state index in [4.69, 9.17) is 4.74 Å². The van der Waals surface area contributed by atoms with Crippen LogP contribution in [0.25, 0.3) is 0 Å². The van der Waals surface area contributed by atoms with Crippen molar-refractivity contribution < 1.29 is 14.6 Å². The summed E-state index contributed by atoms with van der Waals surface area (Å²) in [5.74, 6) is 1.30. The fourth-order valence-corrected chi connectivity index (χ4v) is 4.34. The van der Waals surface area contributed by atoms with Crippen LogP contribution >= 0.6 is 0 Å². The molecule has 3 heteroatoms. The number of aliphatic hydroxyl groups is 1. The average molecular weight is 304 g/mol. The van der Waals surface area contributed by atoms with E-state index in [1.807, 2.05) is 0 Å². The Kier molecular flexibility index (Phi) is 4.72. The summed E-state index contributed by atoms with van der Waals surface area (Å²) in [6, 6.07) is 0. The second-order valence-corrected chi connectivity index (χ2v) is 7.47. The van der Waals surface area contributed by atoms with Gasteiger partial charge in [-0.3, -0.25) is 4.79 Å². The second kappa shape index (κ2) is 6.57. The summed E-state index contributed by atoms with van der Waals surface area (Å²) in [5.41, 5.74) is 4.60. The minimum atomic E-state index is -0.518. The van der Waals surface area contributed by atoms with Gasteiger partial charge in [0.05, 0.1) is 12.5 Å². The summed E-state index contributed by atoms with van der Waals surface area (Å²) in [5, 5.41) is 9.73. The SMILES string of the molecule is CC1=C(CC[C@@H]2C[C@@H](O)CC(=O)O2)C2=CCC(C)CC2CC1. The molecule has 1 saturated heterocycles. The lowest BCUT2D eigenvalue weighted by molar-refractivity contribution is -0.160. The second-order valence-electron chi connectivity index (χ2n) is 7.47. The molecule has 3 nitrogen and oxygen atoms in total. The molecule has 0 radical (unpaired) electrons. The van der Waals surface area contributed by atoms with Crippen LogP contribution in [0, 0.1) is 11.8 Å². The van der Waals surface area contributed by atoms with Gasteiger partial charge in [0, 0.05) is 6.42 Å². The molecule has 0 saturated carbocycles. The van der Waals surface area contributed by atoms with Gasteiger partial charge >= 0.3 is 5.97 Å². The van der Waals surface area contributed by atoms with E-state index in [1.165, 1.54) is 36.8 Å². The van der Waals surface area contributed by atoms with E-state index in [0.717, 1.165) is 24.7 Å². The lowest BCUT2D eigenvalue weighted by Crippen LogP contribution is -2.32. The third kappa shape index (κ3) is 3.45. The lowest BCUT2D eigenvalue weighted by Gasteiger charge is -2.35. The smallest absolute Gasteiger partial charge is 0.308 e. The van der Waals surface area contributed by atoms with Gasteiger partial charge < -0.3 is 9.84 Å². The molecule has 0 bridgehead atoms. The van der Waals surface area contributed by atoms with E-state index < -0.39 is 6.10 Å². The fraction of sp³-hybridized carbons (Fsp3) is 0.737. The largest absolute Gasteiger partial charge is 0.462 e. The van der Waals surface area contributed by atoms with E-state index in [0.29, 0.717) is 6.42 Å². The zero-order valence-corrected chi connectivity index (χ0v) is 13.8. The van der Waals surface area contributed by atoms with Crippen LogP contribution in [0.1, 0.15) is 65.2 Å². The Balaban J connectivity index is 1.66. The highest BCUT2D eigenvalue weighted by molar-refractivity contribution is 5.70. The number of cyclic esters (lactones) is 1. The van der Waals surface area contributed by atoms with Gasteiger partial charge in [0.15, 0.2) is 0 Å². The van der Waals surface area contributed by atoms with Crippen molar-refractivity contribution in [3.05, 3.63) is 22.8 Å². The minimum absolute atomic E-state index is 0.111. The van der Waals surface area contributed by atoms with Crippen molar-refractivity contribution in [3.8, 4) is 0 Å². The predicted molar refractivity (Wildman–Crippen MR) is 86.3 cm³/mol. The summed E-state index contributed by atoms with van der Waals surface area (Å²) < 4.78 is 5.40. The fourth-order valence-electron chi connectivity index (χ4n) is 4.34. The Labute approximate surface area is 133 Å². The molecule has 122 valence electrons. The van der Waals surface area contributed by atoms with Crippen molar-refractivity contribution in [2.24, 2.45) is 11.8 Å². The van der Waals surface area contributed by atoms with Crippen LogP contribution in [-0.2, 0) is 9.53 Å². The number of allylic oxidation sites excluding steroid dienone is 4. The zero-order chi connectivity index (χ0) is 15.7. The molecule has 0 amide bonds. The highest BCUT2D eigenvalue weighted by Gasteiger charge is 2.31. The first kappa shape index (κ1) is 15.8. The molecule has 0 aromatic rings. The highest BCUT2D eigenvalue weighted by Crippen LogP contribution is 2.43. The Morgan fingerprint density at radius 1 is 1.36 bits per heavy atom. The van der Waals surface area contributed by atoms with Crippen molar-refractivity contribution in [1.82, 2.24) is 0 Å². The topological polar surface area (TPSA) is 46.5 Å². The molecular formula is C19H28O3. The molecule has 2 aliphatic carbocycles. The molecule has 4 atom stereocenters. The third-order valence-electron chi connectivity index (χ3n) is 5.55. The van der Waals surface area contributed by atoms with Gasteiger partial charge in [-0.05, 0) is 68.4 Å². The maximum absolute atomic E-state index is 11.5. The predicted octanol–water partition coefficient (Wildman–Crippen LogP) is 3.92. The van der Waals surface area contributed by atoms with Gasteiger partial charge in [-0.15, -0.1) is 0 Å². The molecule has 0 spiro atoms. The maximum atomic E-state index is 11.5. The quantitative estimate of drug-likeness (QED) is 0.804. The van der Waals surface area contributed by atoms with Crippen LogP contribution < -0.4 is 0 Å². The van der Waals surface area contributed by atoms with Crippen LogP contribution in [0.3, 0.4) is 0 Å². The Morgan fingerprint density at radius 2 is 2.18 bits per heavy atom. The number of carbonyl (C=O) groups excluding carboxylic acids is 1. The summed E-state index contributed by atoms with van der Waals surface area (Å²) in [4.78, 5) is 11.5. The van der Waals surface area contributed by atoms with E-state index in [1.54, 1.807) is 5.57 Å². The Bertz CT molecular complexity index is 503. The van der Waals surface area contributed by atoms with Crippen LogP contribution in [0.2, 0.25) is 0 Å². The van der Waals surface area contributed by atoms with Crippen molar-refractivity contribution >= 4 is 5.97 Å². The molecule has 2 unspecified atom stereocenters. The van der Waals surface area contributed by atoms with Crippen LogP contribution in [0.15, 0.2) is 22.8 Å². The van der Waals surface area contributed by atoms with Gasteiger partial charge in [-0.25, -0.2) is 0 Å². The number of ether oxygens (including phenoxy) is 1.